The van der Waals surface area contributed by atoms with E-state index >= 15 is 0 Å². The van der Waals surface area contributed by atoms with Crippen molar-refractivity contribution < 1.29 is 19.1 Å². The van der Waals surface area contributed by atoms with Crippen LogP contribution in [0.2, 0.25) is 0 Å². The molecule has 28 heavy (non-hydrogen) atoms. The van der Waals surface area contributed by atoms with Crippen molar-refractivity contribution in [2.75, 3.05) is 26.8 Å². The smallest absolute Gasteiger partial charge is 0.255 e. The van der Waals surface area contributed by atoms with E-state index in [1.807, 2.05) is 24.3 Å². The Hall–Kier alpha value is -2.80. The molecule has 0 radical (unpaired) electrons. The summed E-state index contributed by atoms with van der Waals surface area (Å²) in [5.41, 5.74) is 1.19. The summed E-state index contributed by atoms with van der Waals surface area (Å²) in [6.45, 7) is 4.79. The standard InChI is InChI=1S/C21H21BrN2O4/c1-3-12-28-17-9-6-15(13-18(17)27-2)21(26)24-11-10-23-20(25)19(24)14-4-7-16(22)8-5-14/h3-9,13,19H,1,10-12H2,2H3,(H,23,25)/t19-/m0/s1. The largest absolute Gasteiger partial charge is 0.493 e. The lowest BCUT2D eigenvalue weighted by atomic mass is 10.0. The highest BCUT2D eigenvalue weighted by molar-refractivity contribution is 9.10. The van der Waals surface area contributed by atoms with Crippen molar-refractivity contribution in [1.82, 2.24) is 10.2 Å². The molecule has 1 fully saturated rings. The number of ether oxygens (including phenoxy) is 2. The fourth-order valence-electron chi connectivity index (χ4n) is 3.10. The van der Waals surface area contributed by atoms with Crippen molar-refractivity contribution in [3.8, 4) is 11.5 Å². The molecule has 1 aliphatic rings. The van der Waals surface area contributed by atoms with Gasteiger partial charge in [-0.25, -0.2) is 0 Å². The molecule has 0 saturated carbocycles. The second-order valence-corrected chi connectivity index (χ2v) is 7.12. The van der Waals surface area contributed by atoms with Crippen molar-refractivity contribution in [3.05, 3.63) is 70.7 Å². The van der Waals surface area contributed by atoms with Gasteiger partial charge in [0.1, 0.15) is 12.6 Å². The molecule has 2 amide bonds. The molecule has 0 aromatic heterocycles. The molecule has 0 bridgehead atoms. The molecule has 0 unspecified atom stereocenters. The number of carbonyl (C=O) groups is 2. The van der Waals surface area contributed by atoms with Crippen LogP contribution in [0.25, 0.3) is 0 Å². The van der Waals surface area contributed by atoms with Crippen molar-refractivity contribution in [3.63, 3.8) is 0 Å². The van der Waals surface area contributed by atoms with Crippen LogP contribution in [0.15, 0.2) is 59.6 Å². The van der Waals surface area contributed by atoms with E-state index in [4.69, 9.17) is 9.47 Å². The Bertz CT molecular complexity index is 882. The van der Waals surface area contributed by atoms with Gasteiger partial charge in [0.15, 0.2) is 11.5 Å². The Kier molecular flexibility index (Phi) is 6.36. The summed E-state index contributed by atoms with van der Waals surface area (Å²) >= 11 is 3.39. The lowest BCUT2D eigenvalue weighted by Gasteiger charge is -2.35. The van der Waals surface area contributed by atoms with Gasteiger partial charge in [-0.3, -0.25) is 9.59 Å². The molecule has 7 heteroatoms. The van der Waals surface area contributed by atoms with E-state index in [0.717, 1.165) is 10.0 Å². The molecule has 1 aliphatic heterocycles. The van der Waals surface area contributed by atoms with Crippen LogP contribution in [0.4, 0.5) is 0 Å². The van der Waals surface area contributed by atoms with Crippen LogP contribution in [-0.4, -0.2) is 43.5 Å². The van der Waals surface area contributed by atoms with Crippen LogP contribution in [0.3, 0.4) is 0 Å². The van der Waals surface area contributed by atoms with E-state index in [1.165, 1.54) is 7.11 Å². The lowest BCUT2D eigenvalue weighted by molar-refractivity contribution is -0.128. The maximum Gasteiger partial charge on any atom is 0.255 e. The average Bonchev–Trinajstić information content (AvgIpc) is 2.72. The average molecular weight is 445 g/mol. The molecule has 6 nitrogen and oxygen atoms in total. The summed E-state index contributed by atoms with van der Waals surface area (Å²) in [6.07, 6.45) is 1.63. The molecule has 2 aromatic carbocycles. The summed E-state index contributed by atoms with van der Waals surface area (Å²) in [4.78, 5) is 27.3. The summed E-state index contributed by atoms with van der Waals surface area (Å²) in [7, 11) is 1.52. The second-order valence-electron chi connectivity index (χ2n) is 6.21. The number of nitrogens with one attached hydrogen (secondary N) is 1. The van der Waals surface area contributed by atoms with Gasteiger partial charge in [0.05, 0.1) is 7.11 Å². The molecule has 2 aromatic rings. The zero-order chi connectivity index (χ0) is 20.1. The van der Waals surface area contributed by atoms with E-state index in [0.29, 0.717) is 36.8 Å². The van der Waals surface area contributed by atoms with Gasteiger partial charge < -0.3 is 19.7 Å². The van der Waals surface area contributed by atoms with Crippen LogP contribution in [0, 0.1) is 0 Å². The number of nitrogens with zero attached hydrogens (tertiary/aromatic N) is 1. The molecule has 1 saturated heterocycles. The number of rotatable bonds is 6. The first kappa shape index (κ1) is 19.9. The number of carbonyl (C=O) groups excluding carboxylic acids is 2. The SMILES string of the molecule is C=CCOc1ccc(C(=O)N2CCNC(=O)[C@@H]2c2ccc(Br)cc2)cc1OC. The summed E-state index contributed by atoms with van der Waals surface area (Å²) in [6, 6.07) is 11.7. The summed E-state index contributed by atoms with van der Waals surface area (Å²) in [5.74, 6) is 0.547. The van der Waals surface area contributed by atoms with Crippen molar-refractivity contribution in [2.24, 2.45) is 0 Å². The number of hydrogen-bond donors (Lipinski definition) is 1. The number of methoxy groups -OCH3 is 1. The minimum atomic E-state index is -0.683. The van der Waals surface area contributed by atoms with Gasteiger partial charge in [-0.2, -0.15) is 0 Å². The second kappa shape index (κ2) is 8.93. The number of hydrogen-bond acceptors (Lipinski definition) is 4. The molecular formula is C21H21BrN2O4. The zero-order valence-electron chi connectivity index (χ0n) is 15.5. The van der Waals surface area contributed by atoms with Gasteiger partial charge in [0.25, 0.3) is 5.91 Å². The topological polar surface area (TPSA) is 67.9 Å². The quantitative estimate of drug-likeness (QED) is 0.693. The van der Waals surface area contributed by atoms with Gasteiger partial charge in [0, 0.05) is 23.1 Å². The third-order valence-corrected chi connectivity index (χ3v) is 4.95. The lowest BCUT2D eigenvalue weighted by Crippen LogP contribution is -2.52. The van der Waals surface area contributed by atoms with E-state index in [2.05, 4.69) is 27.8 Å². The Morgan fingerprint density at radius 3 is 2.71 bits per heavy atom. The Labute approximate surface area is 172 Å². The molecule has 0 spiro atoms. The van der Waals surface area contributed by atoms with E-state index in [9.17, 15) is 9.59 Å². The van der Waals surface area contributed by atoms with Gasteiger partial charge in [-0.15, -0.1) is 0 Å². The van der Waals surface area contributed by atoms with E-state index in [1.54, 1.807) is 29.2 Å². The zero-order valence-corrected chi connectivity index (χ0v) is 17.1. The minimum absolute atomic E-state index is 0.195. The predicted octanol–water partition coefficient (Wildman–Crippen LogP) is 3.34. The normalized spacial score (nSPS) is 16.3. The van der Waals surface area contributed by atoms with Crippen LogP contribution in [0.1, 0.15) is 22.0 Å². The molecule has 146 valence electrons. The summed E-state index contributed by atoms with van der Waals surface area (Å²) in [5, 5.41) is 2.84. The molecule has 3 rings (SSSR count). The number of amides is 2. The molecule has 1 heterocycles. The third kappa shape index (κ3) is 4.20. The first-order valence-corrected chi connectivity index (χ1v) is 9.60. The predicted molar refractivity (Wildman–Crippen MR) is 110 cm³/mol. The Morgan fingerprint density at radius 2 is 2.04 bits per heavy atom. The monoisotopic (exact) mass is 444 g/mol. The first-order valence-electron chi connectivity index (χ1n) is 8.81. The maximum atomic E-state index is 13.2. The highest BCUT2D eigenvalue weighted by Gasteiger charge is 2.35. The third-order valence-electron chi connectivity index (χ3n) is 4.43. The minimum Gasteiger partial charge on any atom is -0.493 e. The number of halogens is 1. The van der Waals surface area contributed by atoms with Gasteiger partial charge >= 0.3 is 0 Å². The molecule has 1 atom stereocenters. The Balaban J connectivity index is 1.91. The first-order chi connectivity index (χ1) is 13.5. The van der Waals surface area contributed by atoms with Crippen molar-refractivity contribution >= 4 is 27.7 Å². The van der Waals surface area contributed by atoms with Gasteiger partial charge in [0.2, 0.25) is 5.91 Å². The highest BCUT2D eigenvalue weighted by atomic mass is 79.9. The van der Waals surface area contributed by atoms with Crippen LogP contribution >= 0.6 is 15.9 Å². The summed E-state index contributed by atoms with van der Waals surface area (Å²) < 4.78 is 11.8. The maximum absolute atomic E-state index is 13.2. The Morgan fingerprint density at radius 1 is 1.29 bits per heavy atom. The molecule has 1 N–H and O–H groups in total. The van der Waals surface area contributed by atoms with E-state index in [-0.39, 0.29) is 11.8 Å². The van der Waals surface area contributed by atoms with Gasteiger partial charge in [-0.05, 0) is 35.9 Å². The van der Waals surface area contributed by atoms with Crippen molar-refractivity contribution in [2.45, 2.75) is 6.04 Å². The highest BCUT2D eigenvalue weighted by Crippen LogP contribution is 2.31. The van der Waals surface area contributed by atoms with Crippen molar-refractivity contribution in [1.29, 1.82) is 0 Å². The van der Waals surface area contributed by atoms with Crippen LogP contribution in [-0.2, 0) is 4.79 Å². The number of benzene rings is 2. The van der Waals surface area contributed by atoms with Crippen LogP contribution in [0.5, 0.6) is 11.5 Å². The fraction of sp³-hybridized carbons (Fsp3) is 0.238. The van der Waals surface area contributed by atoms with Crippen LogP contribution < -0.4 is 14.8 Å². The van der Waals surface area contributed by atoms with E-state index < -0.39 is 6.04 Å². The fourth-order valence-corrected chi connectivity index (χ4v) is 3.36. The van der Waals surface area contributed by atoms with Gasteiger partial charge in [-0.1, -0.05) is 40.7 Å². The molecular weight excluding hydrogens is 424 g/mol. The molecule has 0 aliphatic carbocycles. The number of piperazine rings is 1.